The van der Waals surface area contributed by atoms with Gasteiger partial charge in [-0.05, 0) is 55.7 Å². The van der Waals surface area contributed by atoms with Crippen molar-refractivity contribution in [3.63, 3.8) is 0 Å². The van der Waals surface area contributed by atoms with Crippen molar-refractivity contribution >= 4 is 40.1 Å². The van der Waals surface area contributed by atoms with Crippen molar-refractivity contribution in [3.05, 3.63) is 84.7 Å². The molecule has 0 atom stereocenters. The molecule has 0 aliphatic heterocycles. The van der Waals surface area contributed by atoms with E-state index in [4.69, 9.17) is 0 Å². The number of fused-ring (bicyclic) bond motifs is 1. The molecule has 2 aromatic carbocycles. The molecule has 0 radical (unpaired) electrons. The van der Waals surface area contributed by atoms with E-state index in [0.29, 0.717) is 34.6 Å². The lowest BCUT2D eigenvalue weighted by Crippen LogP contribution is -2.12. The number of nitrogens with zero attached hydrogens (tertiary/aromatic N) is 6. The lowest BCUT2D eigenvalue weighted by molar-refractivity contribution is 0.102. The highest BCUT2D eigenvalue weighted by atomic mass is 16.1. The summed E-state index contributed by atoms with van der Waals surface area (Å²) >= 11 is 0. The molecule has 1 amide bonds. The maximum Gasteiger partial charge on any atom is 0.255 e. The quantitative estimate of drug-likeness (QED) is 0.314. The number of rotatable bonds is 7. The van der Waals surface area contributed by atoms with E-state index in [0.717, 1.165) is 22.6 Å². The average Bonchev–Trinajstić information content (AvgIpc) is 3.59. The molecular weight excluding hydrogens is 454 g/mol. The first kappa shape index (κ1) is 21.7. The summed E-state index contributed by atoms with van der Waals surface area (Å²) in [7, 11) is 0. The highest BCUT2D eigenvalue weighted by Crippen LogP contribution is 2.27. The number of anilines is 4. The van der Waals surface area contributed by atoms with Crippen molar-refractivity contribution in [3.8, 4) is 5.82 Å². The van der Waals surface area contributed by atoms with E-state index >= 15 is 0 Å². The van der Waals surface area contributed by atoms with Crippen LogP contribution in [0, 0.1) is 6.92 Å². The van der Waals surface area contributed by atoms with Crippen LogP contribution < -0.4 is 16.0 Å². The lowest BCUT2D eigenvalue weighted by atomic mass is 10.1. The minimum absolute atomic E-state index is 0.226. The number of amides is 1. The van der Waals surface area contributed by atoms with Crippen molar-refractivity contribution in [2.75, 3.05) is 16.0 Å². The van der Waals surface area contributed by atoms with Gasteiger partial charge in [0.2, 0.25) is 5.95 Å². The summed E-state index contributed by atoms with van der Waals surface area (Å²) in [5.74, 6) is 1.87. The van der Waals surface area contributed by atoms with Gasteiger partial charge in [0.1, 0.15) is 18.0 Å². The van der Waals surface area contributed by atoms with Gasteiger partial charge in [0, 0.05) is 53.8 Å². The van der Waals surface area contributed by atoms with Crippen molar-refractivity contribution in [2.24, 2.45) is 0 Å². The number of carbonyl (C=O) groups excluding carboxylic acids is 1. The van der Waals surface area contributed by atoms with Crippen LogP contribution in [0.25, 0.3) is 16.9 Å². The van der Waals surface area contributed by atoms with Crippen LogP contribution in [0.2, 0.25) is 0 Å². The standard InChI is InChI=1S/C26H23N9O/c1-16-2-4-19(33-25(36)17-3-7-20-22(12-17)28-9-8-27-20)13-21(16)34-26-29-10-11-35(26)24-14-23(30-15-31-24)32-18-5-6-18/h2-4,7-15,18H,5-6H2,1H3,(H,29,34)(H,33,36)(H,30,31,32). The SMILES string of the molecule is Cc1ccc(NC(=O)c2ccc3nccnc3c2)cc1Nc1nccn1-c1cc(NC2CC2)ncn1. The van der Waals surface area contributed by atoms with Crippen molar-refractivity contribution < 1.29 is 4.79 Å². The van der Waals surface area contributed by atoms with Crippen LogP contribution in [0.5, 0.6) is 0 Å². The first-order chi connectivity index (χ1) is 17.6. The van der Waals surface area contributed by atoms with E-state index in [9.17, 15) is 4.79 Å². The predicted octanol–water partition coefficient (Wildman–Crippen LogP) is 4.48. The van der Waals surface area contributed by atoms with Crippen LogP contribution in [0.15, 0.2) is 73.6 Å². The van der Waals surface area contributed by atoms with Gasteiger partial charge < -0.3 is 16.0 Å². The molecule has 1 aliphatic carbocycles. The molecule has 10 heteroatoms. The second-order valence-corrected chi connectivity index (χ2v) is 8.67. The number of hydrogen-bond donors (Lipinski definition) is 3. The number of nitrogens with one attached hydrogen (secondary N) is 3. The predicted molar refractivity (Wildman–Crippen MR) is 138 cm³/mol. The normalized spacial score (nSPS) is 12.9. The van der Waals surface area contributed by atoms with Crippen LogP contribution >= 0.6 is 0 Å². The molecule has 3 heterocycles. The Balaban J connectivity index is 1.22. The van der Waals surface area contributed by atoms with E-state index in [1.807, 2.05) is 42.0 Å². The Morgan fingerprint density at radius 1 is 0.917 bits per heavy atom. The molecule has 0 unspecified atom stereocenters. The zero-order valence-electron chi connectivity index (χ0n) is 19.5. The fraction of sp³-hybridized carbons (Fsp3) is 0.154. The summed E-state index contributed by atoms with van der Waals surface area (Å²) in [6.07, 6.45) is 10.7. The molecule has 6 rings (SSSR count). The second-order valence-electron chi connectivity index (χ2n) is 8.67. The number of aryl methyl sites for hydroxylation is 1. The highest BCUT2D eigenvalue weighted by molar-refractivity contribution is 6.06. The zero-order chi connectivity index (χ0) is 24.5. The molecule has 0 bridgehead atoms. The highest BCUT2D eigenvalue weighted by Gasteiger charge is 2.21. The van der Waals surface area contributed by atoms with E-state index in [-0.39, 0.29) is 5.91 Å². The van der Waals surface area contributed by atoms with Gasteiger partial charge in [-0.15, -0.1) is 0 Å². The Morgan fingerprint density at radius 3 is 2.64 bits per heavy atom. The lowest BCUT2D eigenvalue weighted by Gasteiger charge is -2.14. The molecule has 1 fully saturated rings. The molecule has 10 nitrogen and oxygen atoms in total. The summed E-state index contributed by atoms with van der Waals surface area (Å²) in [5, 5.41) is 9.73. The van der Waals surface area contributed by atoms with Crippen LogP contribution in [0.4, 0.5) is 23.1 Å². The van der Waals surface area contributed by atoms with E-state index in [2.05, 4.69) is 40.9 Å². The van der Waals surface area contributed by atoms with Gasteiger partial charge in [-0.3, -0.25) is 19.3 Å². The van der Waals surface area contributed by atoms with Crippen LogP contribution in [-0.4, -0.2) is 41.4 Å². The molecule has 36 heavy (non-hydrogen) atoms. The topological polar surface area (TPSA) is 123 Å². The van der Waals surface area contributed by atoms with E-state index in [1.54, 1.807) is 43.1 Å². The van der Waals surface area contributed by atoms with Crippen molar-refractivity contribution in [2.45, 2.75) is 25.8 Å². The van der Waals surface area contributed by atoms with E-state index in [1.165, 1.54) is 12.8 Å². The largest absolute Gasteiger partial charge is 0.367 e. The third kappa shape index (κ3) is 4.56. The zero-order valence-corrected chi connectivity index (χ0v) is 19.5. The molecule has 0 spiro atoms. The first-order valence-corrected chi connectivity index (χ1v) is 11.6. The number of benzene rings is 2. The Bertz CT molecular complexity index is 1580. The number of aromatic nitrogens is 6. The molecule has 1 saturated carbocycles. The third-order valence-corrected chi connectivity index (χ3v) is 5.94. The monoisotopic (exact) mass is 477 g/mol. The average molecular weight is 478 g/mol. The molecule has 0 saturated heterocycles. The van der Waals surface area contributed by atoms with Gasteiger partial charge in [0.25, 0.3) is 5.91 Å². The van der Waals surface area contributed by atoms with Gasteiger partial charge in [-0.25, -0.2) is 15.0 Å². The molecule has 3 N–H and O–H groups in total. The second kappa shape index (κ2) is 9.06. The molecule has 178 valence electrons. The maximum atomic E-state index is 12.9. The van der Waals surface area contributed by atoms with Crippen molar-refractivity contribution in [1.29, 1.82) is 0 Å². The fourth-order valence-electron chi connectivity index (χ4n) is 3.84. The van der Waals surface area contributed by atoms with Crippen molar-refractivity contribution in [1.82, 2.24) is 29.5 Å². The Morgan fingerprint density at radius 2 is 1.78 bits per heavy atom. The number of imidazole rings is 1. The van der Waals surface area contributed by atoms with Gasteiger partial charge in [0.15, 0.2) is 0 Å². The van der Waals surface area contributed by atoms with E-state index < -0.39 is 0 Å². The van der Waals surface area contributed by atoms with Gasteiger partial charge in [0.05, 0.1) is 11.0 Å². The number of hydrogen-bond acceptors (Lipinski definition) is 8. The Labute approximate surface area is 206 Å². The summed E-state index contributed by atoms with van der Waals surface area (Å²) in [6, 6.07) is 13.4. The first-order valence-electron chi connectivity index (χ1n) is 11.6. The molecule has 1 aliphatic rings. The number of carbonyl (C=O) groups is 1. The van der Waals surface area contributed by atoms with Gasteiger partial charge in [-0.1, -0.05) is 6.07 Å². The fourth-order valence-corrected chi connectivity index (χ4v) is 3.84. The summed E-state index contributed by atoms with van der Waals surface area (Å²) in [5.41, 5.74) is 4.39. The minimum atomic E-state index is -0.226. The van der Waals surface area contributed by atoms with Crippen LogP contribution in [-0.2, 0) is 0 Å². The minimum Gasteiger partial charge on any atom is -0.367 e. The third-order valence-electron chi connectivity index (χ3n) is 5.94. The Hall–Kier alpha value is -4.86. The Kier molecular flexibility index (Phi) is 5.45. The molecular formula is C26H23N9O. The summed E-state index contributed by atoms with van der Waals surface area (Å²) < 4.78 is 1.86. The molecule has 5 aromatic rings. The smallest absolute Gasteiger partial charge is 0.255 e. The van der Waals surface area contributed by atoms with Crippen LogP contribution in [0.3, 0.4) is 0 Å². The maximum absolute atomic E-state index is 12.9. The summed E-state index contributed by atoms with van der Waals surface area (Å²) in [6.45, 7) is 1.99. The molecule has 3 aromatic heterocycles. The summed E-state index contributed by atoms with van der Waals surface area (Å²) in [4.78, 5) is 34.6. The van der Waals surface area contributed by atoms with Crippen LogP contribution in [0.1, 0.15) is 28.8 Å². The van der Waals surface area contributed by atoms with Gasteiger partial charge in [-0.2, -0.15) is 0 Å². The van der Waals surface area contributed by atoms with Gasteiger partial charge >= 0.3 is 0 Å².